The number of nitrogens with two attached hydrogens (primary N) is 1. The zero-order chi connectivity index (χ0) is 12.7. The Morgan fingerprint density at radius 2 is 2.47 bits per heavy atom. The van der Waals surface area contributed by atoms with Gasteiger partial charge >= 0.3 is 0 Å². The summed E-state index contributed by atoms with van der Waals surface area (Å²) in [7, 11) is 3.51. The summed E-state index contributed by atoms with van der Waals surface area (Å²) in [5.74, 6) is 6.67. The summed E-state index contributed by atoms with van der Waals surface area (Å²) in [6, 6.07) is -0.0418. The van der Waals surface area contributed by atoms with Gasteiger partial charge in [-0.1, -0.05) is 0 Å². The van der Waals surface area contributed by atoms with Crippen LogP contribution in [-0.2, 0) is 11.8 Å². The van der Waals surface area contributed by atoms with Crippen LogP contribution in [0.2, 0.25) is 0 Å². The van der Waals surface area contributed by atoms with Crippen molar-refractivity contribution >= 4 is 5.96 Å². The Morgan fingerprint density at radius 1 is 1.71 bits per heavy atom. The second-order valence-corrected chi connectivity index (χ2v) is 3.53. The number of rotatable bonds is 5. The van der Waals surface area contributed by atoms with Crippen molar-refractivity contribution in [3.63, 3.8) is 0 Å². The fourth-order valence-corrected chi connectivity index (χ4v) is 1.34. The molecule has 1 aromatic heterocycles. The van der Waals surface area contributed by atoms with Gasteiger partial charge in [0.1, 0.15) is 6.33 Å². The van der Waals surface area contributed by atoms with E-state index in [0.717, 1.165) is 5.82 Å². The molecule has 0 aromatic carbocycles. The van der Waals surface area contributed by atoms with Crippen molar-refractivity contribution in [1.82, 2.24) is 25.5 Å². The predicted molar refractivity (Wildman–Crippen MR) is 64.1 cm³/mol. The quantitative estimate of drug-likeness (QED) is 0.199. The van der Waals surface area contributed by atoms with Crippen LogP contribution in [-0.4, -0.2) is 41.0 Å². The first-order valence-corrected chi connectivity index (χ1v) is 5.29. The molecule has 1 atom stereocenters. The minimum Gasteiger partial charge on any atom is -0.383 e. The number of aliphatic imine (C=N–C) groups is 1. The highest BCUT2D eigenvalue weighted by atomic mass is 16.5. The average Bonchev–Trinajstić information content (AvgIpc) is 2.74. The van der Waals surface area contributed by atoms with Crippen molar-refractivity contribution < 1.29 is 4.74 Å². The van der Waals surface area contributed by atoms with Gasteiger partial charge in [0.25, 0.3) is 0 Å². The molecule has 1 heterocycles. The van der Waals surface area contributed by atoms with Gasteiger partial charge in [-0.25, -0.2) is 10.8 Å². The van der Waals surface area contributed by atoms with Crippen molar-refractivity contribution in [1.29, 1.82) is 0 Å². The lowest BCUT2D eigenvalue weighted by molar-refractivity contribution is 0.208. The molecule has 0 fully saturated rings. The van der Waals surface area contributed by atoms with E-state index in [-0.39, 0.29) is 6.04 Å². The lowest BCUT2D eigenvalue weighted by Gasteiger charge is -2.15. The van der Waals surface area contributed by atoms with Crippen LogP contribution >= 0.6 is 0 Å². The van der Waals surface area contributed by atoms with Crippen LogP contribution in [0.1, 0.15) is 18.8 Å². The van der Waals surface area contributed by atoms with Crippen LogP contribution < -0.4 is 16.6 Å². The minimum atomic E-state index is -0.0418. The van der Waals surface area contributed by atoms with Crippen molar-refractivity contribution in [2.45, 2.75) is 13.0 Å². The first-order valence-electron chi connectivity index (χ1n) is 5.29. The third-order valence-electron chi connectivity index (χ3n) is 2.19. The molecular weight excluding hydrogens is 222 g/mol. The molecule has 0 spiro atoms. The maximum absolute atomic E-state index is 5.37. The number of ether oxygens (including phenoxy) is 1. The van der Waals surface area contributed by atoms with E-state index in [1.165, 1.54) is 0 Å². The number of aromatic nitrogens is 3. The van der Waals surface area contributed by atoms with Gasteiger partial charge < -0.3 is 14.6 Å². The van der Waals surface area contributed by atoms with Crippen molar-refractivity contribution in [3.05, 3.63) is 12.2 Å². The Hall–Kier alpha value is -1.67. The number of aryl methyl sites for hydroxylation is 1. The first-order chi connectivity index (χ1) is 8.19. The summed E-state index contributed by atoms with van der Waals surface area (Å²) in [6.07, 6.45) is 1.64. The number of hydrazine groups is 1. The van der Waals surface area contributed by atoms with Gasteiger partial charge in [-0.2, -0.15) is 0 Å². The summed E-state index contributed by atoms with van der Waals surface area (Å²) in [5, 5.41) is 10.9. The van der Waals surface area contributed by atoms with Crippen molar-refractivity contribution in [2.24, 2.45) is 17.9 Å². The Balaban J connectivity index is 2.56. The standard InChI is InChI=1S/C9H19N7O/c1-7(8-15-12-6-16(8)2)13-9(14-10)11-4-5-17-3/h6-7H,4-5,10H2,1-3H3,(H2,11,13,14). The molecule has 0 amide bonds. The van der Waals surface area contributed by atoms with Crippen molar-refractivity contribution in [3.8, 4) is 0 Å². The van der Waals surface area contributed by atoms with Crippen molar-refractivity contribution in [2.75, 3.05) is 20.3 Å². The van der Waals surface area contributed by atoms with Gasteiger partial charge in [0.15, 0.2) is 5.82 Å². The lowest BCUT2D eigenvalue weighted by atomic mass is 10.3. The SMILES string of the molecule is COCCN=C(NN)NC(C)c1nncn1C. The molecular formula is C9H19N7O. The first kappa shape index (κ1) is 13.4. The summed E-state index contributed by atoms with van der Waals surface area (Å²) in [4.78, 5) is 4.20. The monoisotopic (exact) mass is 241 g/mol. The van der Waals surface area contributed by atoms with Gasteiger partial charge in [-0.3, -0.25) is 5.43 Å². The largest absolute Gasteiger partial charge is 0.383 e. The number of methoxy groups -OCH3 is 1. The minimum absolute atomic E-state index is 0.0418. The maximum Gasteiger partial charge on any atom is 0.206 e. The van der Waals surface area contributed by atoms with Gasteiger partial charge in [0.05, 0.1) is 19.2 Å². The molecule has 0 aliphatic rings. The molecule has 1 aromatic rings. The van der Waals surface area contributed by atoms with E-state index in [1.807, 2.05) is 18.5 Å². The molecule has 96 valence electrons. The van der Waals surface area contributed by atoms with E-state index in [1.54, 1.807) is 13.4 Å². The van der Waals surface area contributed by atoms with Crippen LogP contribution in [0, 0.1) is 0 Å². The number of nitrogens with one attached hydrogen (secondary N) is 2. The van der Waals surface area contributed by atoms with Crippen LogP contribution in [0.25, 0.3) is 0 Å². The Morgan fingerprint density at radius 3 is 3.00 bits per heavy atom. The van der Waals surface area contributed by atoms with E-state index in [2.05, 4.69) is 25.9 Å². The number of hydrogen-bond acceptors (Lipinski definition) is 5. The summed E-state index contributed by atoms with van der Waals surface area (Å²) in [5.41, 5.74) is 2.50. The number of guanidine groups is 1. The maximum atomic E-state index is 5.37. The third-order valence-corrected chi connectivity index (χ3v) is 2.19. The Labute approximate surface area is 100 Å². The summed E-state index contributed by atoms with van der Waals surface area (Å²) >= 11 is 0. The zero-order valence-corrected chi connectivity index (χ0v) is 10.3. The fraction of sp³-hybridized carbons (Fsp3) is 0.667. The topological polar surface area (TPSA) is 102 Å². The molecule has 0 saturated carbocycles. The predicted octanol–water partition coefficient (Wildman–Crippen LogP) is -1.07. The van der Waals surface area contributed by atoms with E-state index < -0.39 is 0 Å². The van der Waals surface area contributed by atoms with Crippen LogP contribution in [0.15, 0.2) is 11.3 Å². The van der Waals surface area contributed by atoms with Gasteiger partial charge in [-0.15, -0.1) is 10.2 Å². The van der Waals surface area contributed by atoms with E-state index in [4.69, 9.17) is 10.6 Å². The molecule has 0 saturated heterocycles. The fourth-order valence-electron chi connectivity index (χ4n) is 1.34. The molecule has 8 nitrogen and oxygen atoms in total. The zero-order valence-electron chi connectivity index (χ0n) is 10.3. The molecule has 0 aliphatic heterocycles. The van der Waals surface area contributed by atoms with Gasteiger partial charge in [0.2, 0.25) is 5.96 Å². The molecule has 0 radical (unpaired) electrons. The van der Waals surface area contributed by atoms with Crippen LogP contribution in [0.4, 0.5) is 0 Å². The molecule has 8 heteroatoms. The average molecular weight is 241 g/mol. The second kappa shape index (κ2) is 6.81. The Bertz CT molecular complexity index is 362. The molecule has 0 bridgehead atoms. The van der Waals surface area contributed by atoms with E-state index >= 15 is 0 Å². The lowest BCUT2D eigenvalue weighted by Crippen LogP contribution is -2.43. The highest BCUT2D eigenvalue weighted by Gasteiger charge is 2.12. The molecule has 1 rings (SSSR count). The third kappa shape index (κ3) is 4.00. The molecule has 0 aliphatic carbocycles. The second-order valence-electron chi connectivity index (χ2n) is 3.53. The smallest absolute Gasteiger partial charge is 0.206 e. The highest BCUT2D eigenvalue weighted by molar-refractivity contribution is 5.79. The normalized spacial score (nSPS) is 13.5. The number of nitrogens with zero attached hydrogens (tertiary/aromatic N) is 4. The van der Waals surface area contributed by atoms with E-state index in [9.17, 15) is 0 Å². The van der Waals surface area contributed by atoms with E-state index in [0.29, 0.717) is 19.1 Å². The summed E-state index contributed by atoms with van der Waals surface area (Å²) in [6.45, 7) is 3.03. The van der Waals surface area contributed by atoms with Gasteiger partial charge in [-0.05, 0) is 6.92 Å². The van der Waals surface area contributed by atoms with Crippen LogP contribution in [0.3, 0.4) is 0 Å². The highest BCUT2D eigenvalue weighted by Crippen LogP contribution is 2.06. The Kier molecular flexibility index (Phi) is 5.37. The molecule has 1 unspecified atom stereocenters. The van der Waals surface area contributed by atoms with Crippen LogP contribution in [0.5, 0.6) is 0 Å². The number of hydrogen-bond donors (Lipinski definition) is 3. The molecule has 17 heavy (non-hydrogen) atoms. The molecule has 4 N–H and O–H groups in total. The summed E-state index contributed by atoms with van der Waals surface area (Å²) < 4.78 is 6.74. The van der Waals surface area contributed by atoms with Gasteiger partial charge in [0, 0.05) is 14.2 Å².